The third kappa shape index (κ3) is 5.68. The van der Waals surface area contributed by atoms with Crippen LogP contribution in [0, 0.1) is 0 Å². The third-order valence-corrected chi connectivity index (χ3v) is 7.04. The standard InChI is InChI=1S/C28H28Cl2N6O4/c1-3-39-26-21(15-32-27(34-26)40-4-2)25-33-23(17-5-9-19(29)10-6-17)24(18-7-11-20(30)12-8-18)36(25)28(38)35-14-13-31-22(37)16-35/h5-12,15,23-24H,3-4,13-14,16H2,1-2H3,(H,31,37)/t23-,24+/m0/s1. The molecule has 2 aromatic carbocycles. The Bertz CT molecular complexity index is 1420. The number of hydrogen-bond donors (Lipinski definition) is 1. The van der Waals surface area contributed by atoms with Gasteiger partial charge in [-0.15, -0.1) is 0 Å². The van der Waals surface area contributed by atoms with Crippen molar-refractivity contribution in [1.82, 2.24) is 25.1 Å². The number of halogens is 2. The summed E-state index contributed by atoms with van der Waals surface area (Å²) >= 11 is 12.4. The highest BCUT2D eigenvalue weighted by atomic mass is 35.5. The molecule has 40 heavy (non-hydrogen) atoms. The quantitative estimate of drug-likeness (QED) is 0.433. The van der Waals surface area contributed by atoms with Gasteiger partial charge in [-0.1, -0.05) is 47.5 Å². The summed E-state index contributed by atoms with van der Waals surface area (Å²) in [6.45, 7) is 5.01. The number of hydrogen-bond acceptors (Lipinski definition) is 7. The van der Waals surface area contributed by atoms with E-state index in [9.17, 15) is 9.59 Å². The summed E-state index contributed by atoms with van der Waals surface area (Å²) in [7, 11) is 0. The van der Waals surface area contributed by atoms with Gasteiger partial charge in [0.2, 0.25) is 11.8 Å². The second-order valence-corrected chi connectivity index (χ2v) is 9.98. The molecule has 1 N–H and O–H groups in total. The molecule has 0 unspecified atom stereocenters. The summed E-state index contributed by atoms with van der Waals surface area (Å²) in [5, 5.41) is 3.92. The Labute approximate surface area is 241 Å². The zero-order valence-corrected chi connectivity index (χ0v) is 23.5. The van der Waals surface area contributed by atoms with Crippen LogP contribution < -0.4 is 14.8 Å². The maximum absolute atomic E-state index is 14.3. The number of benzene rings is 2. The minimum atomic E-state index is -0.577. The van der Waals surface area contributed by atoms with Crippen LogP contribution in [0.5, 0.6) is 11.9 Å². The number of ether oxygens (including phenoxy) is 2. The molecule has 0 spiro atoms. The number of nitrogens with zero attached hydrogens (tertiary/aromatic N) is 5. The number of carbonyl (C=O) groups excluding carboxylic acids is 2. The van der Waals surface area contributed by atoms with E-state index in [4.69, 9.17) is 37.7 Å². The highest BCUT2D eigenvalue weighted by Gasteiger charge is 2.45. The van der Waals surface area contributed by atoms with Crippen molar-refractivity contribution >= 4 is 41.0 Å². The normalized spacial score (nSPS) is 18.8. The molecule has 0 bridgehead atoms. The van der Waals surface area contributed by atoms with Gasteiger partial charge in [0, 0.05) is 29.3 Å². The van der Waals surface area contributed by atoms with Gasteiger partial charge in [-0.05, 0) is 49.2 Å². The molecule has 208 valence electrons. The fourth-order valence-corrected chi connectivity index (χ4v) is 5.01. The molecule has 10 nitrogen and oxygen atoms in total. The Balaban J connectivity index is 1.69. The molecule has 0 aliphatic carbocycles. The van der Waals surface area contributed by atoms with Gasteiger partial charge in [0.15, 0.2) is 0 Å². The van der Waals surface area contributed by atoms with Crippen molar-refractivity contribution in [2.45, 2.75) is 25.9 Å². The first kappa shape index (κ1) is 27.7. The first-order valence-corrected chi connectivity index (χ1v) is 13.7. The number of nitrogens with one attached hydrogen (secondary N) is 1. The van der Waals surface area contributed by atoms with Gasteiger partial charge >= 0.3 is 12.0 Å². The van der Waals surface area contributed by atoms with E-state index in [0.717, 1.165) is 11.1 Å². The van der Waals surface area contributed by atoms with E-state index in [-0.39, 0.29) is 30.4 Å². The summed E-state index contributed by atoms with van der Waals surface area (Å²) in [6.07, 6.45) is 1.55. The molecule has 12 heteroatoms. The average molecular weight is 583 g/mol. The smallest absolute Gasteiger partial charge is 0.326 e. The Morgan fingerprint density at radius 1 is 1.00 bits per heavy atom. The van der Waals surface area contributed by atoms with E-state index in [1.165, 1.54) is 4.90 Å². The number of rotatable bonds is 7. The van der Waals surface area contributed by atoms with Crippen molar-refractivity contribution in [3.8, 4) is 11.9 Å². The Kier molecular flexibility index (Phi) is 8.37. The Hall–Kier alpha value is -3.89. The van der Waals surface area contributed by atoms with Crippen molar-refractivity contribution < 1.29 is 19.1 Å². The molecule has 3 amide bonds. The maximum atomic E-state index is 14.3. The fourth-order valence-electron chi connectivity index (χ4n) is 4.76. The summed E-state index contributed by atoms with van der Waals surface area (Å²) < 4.78 is 11.4. The molecule has 2 aliphatic rings. The van der Waals surface area contributed by atoms with Crippen molar-refractivity contribution in [2.75, 3.05) is 32.8 Å². The predicted molar refractivity (Wildman–Crippen MR) is 151 cm³/mol. The van der Waals surface area contributed by atoms with Gasteiger partial charge in [0.25, 0.3) is 0 Å². The zero-order valence-electron chi connectivity index (χ0n) is 22.0. The molecule has 3 aromatic rings. The number of urea groups is 1. The Morgan fingerprint density at radius 2 is 1.65 bits per heavy atom. The number of aliphatic imine (C=N–C) groups is 1. The van der Waals surface area contributed by atoms with Crippen molar-refractivity contribution in [3.63, 3.8) is 0 Å². The zero-order chi connectivity index (χ0) is 28.2. The van der Waals surface area contributed by atoms with E-state index in [2.05, 4.69) is 15.3 Å². The molecule has 3 heterocycles. The van der Waals surface area contributed by atoms with Crippen LogP contribution in [0.3, 0.4) is 0 Å². The van der Waals surface area contributed by atoms with Gasteiger partial charge in [-0.2, -0.15) is 4.98 Å². The summed E-state index contributed by atoms with van der Waals surface area (Å²) in [5.41, 5.74) is 2.08. The van der Waals surface area contributed by atoms with Gasteiger partial charge < -0.3 is 19.7 Å². The maximum Gasteiger partial charge on any atom is 0.326 e. The van der Waals surface area contributed by atoms with Crippen LogP contribution in [0.25, 0.3) is 0 Å². The Morgan fingerprint density at radius 3 is 2.27 bits per heavy atom. The molecule has 1 saturated heterocycles. The number of amidine groups is 1. The van der Waals surface area contributed by atoms with Crippen molar-refractivity contribution in [1.29, 1.82) is 0 Å². The largest absolute Gasteiger partial charge is 0.477 e. The van der Waals surface area contributed by atoms with E-state index in [1.807, 2.05) is 38.1 Å². The highest BCUT2D eigenvalue weighted by molar-refractivity contribution is 6.30. The highest BCUT2D eigenvalue weighted by Crippen LogP contribution is 2.45. The number of amides is 3. The monoisotopic (exact) mass is 582 g/mol. The molecule has 0 saturated carbocycles. The summed E-state index contributed by atoms with van der Waals surface area (Å²) in [5.74, 6) is 0.330. The molecule has 1 aromatic heterocycles. The van der Waals surface area contributed by atoms with Crippen LogP contribution in [0.2, 0.25) is 10.0 Å². The third-order valence-electron chi connectivity index (χ3n) is 6.53. The van der Waals surface area contributed by atoms with Crippen LogP contribution in [0.1, 0.15) is 42.6 Å². The fraction of sp³-hybridized carbons (Fsp3) is 0.321. The molecular weight excluding hydrogens is 555 g/mol. The number of aromatic nitrogens is 2. The molecule has 5 rings (SSSR count). The van der Waals surface area contributed by atoms with Gasteiger partial charge in [-0.3, -0.25) is 14.7 Å². The van der Waals surface area contributed by atoms with Crippen molar-refractivity contribution in [3.05, 3.63) is 81.5 Å². The van der Waals surface area contributed by atoms with E-state index >= 15 is 0 Å². The lowest BCUT2D eigenvalue weighted by Gasteiger charge is -2.35. The minimum absolute atomic E-state index is 0.0698. The first-order chi connectivity index (χ1) is 19.4. The van der Waals surface area contributed by atoms with Crippen LogP contribution in [-0.2, 0) is 4.79 Å². The van der Waals surface area contributed by atoms with Crippen LogP contribution in [-0.4, -0.2) is 70.4 Å². The van der Waals surface area contributed by atoms with Crippen molar-refractivity contribution in [2.24, 2.45) is 4.99 Å². The predicted octanol–water partition coefficient (Wildman–Crippen LogP) is 4.68. The molecule has 0 radical (unpaired) electrons. The van der Waals surface area contributed by atoms with E-state index < -0.39 is 12.1 Å². The summed E-state index contributed by atoms with van der Waals surface area (Å²) in [4.78, 5) is 43.5. The van der Waals surface area contributed by atoms with Crippen LogP contribution in [0.15, 0.2) is 59.7 Å². The lowest BCUT2D eigenvalue weighted by Crippen LogP contribution is -2.55. The molecule has 1 fully saturated rings. The minimum Gasteiger partial charge on any atom is -0.477 e. The lowest BCUT2D eigenvalue weighted by molar-refractivity contribution is -0.123. The van der Waals surface area contributed by atoms with Gasteiger partial charge in [0.1, 0.15) is 18.4 Å². The average Bonchev–Trinajstić information content (AvgIpc) is 3.34. The second kappa shape index (κ2) is 12.1. The second-order valence-electron chi connectivity index (χ2n) is 9.11. The molecule has 2 aliphatic heterocycles. The SMILES string of the molecule is CCOc1ncc(C2=N[C@@H](c3ccc(Cl)cc3)[C@@H](c3ccc(Cl)cc3)N2C(=O)N2CCNC(=O)C2)c(OCC)n1. The number of carbonyl (C=O) groups is 2. The first-order valence-electron chi connectivity index (χ1n) is 13.0. The molecular formula is C28H28Cl2N6O4. The van der Waals surface area contributed by atoms with E-state index in [0.29, 0.717) is 47.7 Å². The lowest BCUT2D eigenvalue weighted by atomic mass is 9.94. The van der Waals surface area contributed by atoms with Crippen LogP contribution in [0.4, 0.5) is 4.79 Å². The van der Waals surface area contributed by atoms with Gasteiger partial charge in [0.05, 0.1) is 24.8 Å². The molecule has 2 atom stereocenters. The van der Waals surface area contributed by atoms with Gasteiger partial charge in [-0.25, -0.2) is 9.78 Å². The topological polar surface area (TPSA) is 109 Å². The summed E-state index contributed by atoms with van der Waals surface area (Å²) in [6, 6.07) is 13.3. The number of piperazine rings is 1. The van der Waals surface area contributed by atoms with Crippen LogP contribution >= 0.6 is 23.2 Å². The van der Waals surface area contributed by atoms with E-state index in [1.54, 1.807) is 35.4 Å².